The first-order valence-corrected chi connectivity index (χ1v) is 14.2. The molecule has 0 unspecified atom stereocenters. The number of nitrogens with one attached hydrogen (secondary N) is 1. The van der Waals surface area contributed by atoms with E-state index in [-0.39, 0.29) is 0 Å². The highest BCUT2D eigenvalue weighted by Crippen LogP contribution is 2.29. The number of benzene rings is 2. The van der Waals surface area contributed by atoms with Crippen LogP contribution in [0.2, 0.25) is 0 Å². The zero-order chi connectivity index (χ0) is 25.3. The number of anilines is 2. The van der Waals surface area contributed by atoms with Crippen molar-refractivity contribution in [3.63, 3.8) is 0 Å². The van der Waals surface area contributed by atoms with Crippen LogP contribution in [-0.2, 0) is 17.7 Å². The second-order valence-corrected chi connectivity index (χ2v) is 10.7. The van der Waals surface area contributed by atoms with E-state index in [0.717, 1.165) is 63.2 Å². The summed E-state index contributed by atoms with van der Waals surface area (Å²) in [5, 5.41) is 4.41. The zero-order valence-corrected chi connectivity index (χ0v) is 23.3. The van der Waals surface area contributed by atoms with Crippen molar-refractivity contribution in [3.8, 4) is 0 Å². The average molecular weight is 509 g/mol. The SMILES string of the molecule is CCCCN1CCCc2cc(CN(CCCN3CCOCC3)C(=S)Nc3c(C)cccc3C)ccc21. The van der Waals surface area contributed by atoms with E-state index in [2.05, 4.69) is 77.2 Å². The maximum absolute atomic E-state index is 6.01. The highest BCUT2D eigenvalue weighted by atomic mass is 32.1. The highest BCUT2D eigenvalue weighted by Gasteiger charge is 2.19. The molecule has 4 rings (SSSR count). The minimum atomic E-state index is 0.816. The van der Waals surface area contributed by atoms with E-state index < -0.39 is 0 Å². The Morgan fingerprint density at radius 1 is 1.03 bits per heavy atom. The summed E-state index contributed by atoms with van der Waals surface area (Å²) < 4.78 is 5.52. The molecule has 0 amide bonds. The third-order valence-corrected chi connectivity index (χ3v) is 7.88. The van der Waals surface area contributed by atoms with Crippen LogP contribution in [0.5, 0.6) is 0 Å². The number of morpholine rings is 1. The number of ether oxygens (including phenoxy) is 1. The van der Waals surface area contributed by atoms with Crippen molar-refractivity contribution in [1.82, 2.24) is 9.80 Å². The molecule has 2 aliphatic heterocycles. The van der Waals surface area contributed by atoms with Crippen LogP contribution in [-0.4, -0.2) is 67.4 Å². The van der Waals surface area contributed by atoms with Gasteiger partial charge in [0.15, 0.2) is 5.11 Å². The first kappa shape index (κ1) is 26.9. The lowest BCUT2D eigenvalue weighted by Gasteiger charge is -2.33. The molecular weight excluding hydrogens is 464 g/mol. The molecule has 6 heteroatoms. The van der Waals surface area contributed by atoms with E-state index in [1.807, 2.05) is 0 Å². The zero-order valence-electron chi connectivity index (χ0n) is 22.5. The Balaban J connectivity index is 1.47. The lowest BCUT2D eigenvalue weighted by atomic mass is 9.98. The average Bonchev–Trinajstić information content (AvgIpc) is 2.89. The Kier molecular flexibility index (Phi) is 10.0. The molecule has 1 saturated heterocycles. The van der Waals surface area contributed by atoms with Crippen LogP contribution in [0, 0.1) is 13.8 Å². The summed E-state index contributed by atoms with van der Waals surface area (Å²) in [5.41, 5.74) is 7.88. The predicted octanol–water partition coefficient (Wildman–Crippen LogP) is 5.78. The molecule has 2 heterocycles. The molecule has 1 fully saturated rings. The molecule has 0 saturated carbocycles. The molecule has 0 aromatic heterocycles. The summed E-state index contributed by atoms with van der Waals surface area (Å²) in [4.78, 5) is 7.45. The fourth-order valence-electron chi connectivity index (χ4n) is 5.39. The molecule has 0 bridgehead atoms. The molecule has 0 aliphatic carbocycles. The van der Waals surface area contributed by atoms with Crippen LogP contribution in [0.4, 0.5) is 11.4 Å². The van der Waals surface area contributed by atoms with Gasteiger partial charge in [0.2, 0.25) is 0 Å². The quantitative estimate of drug-likeness (QED) is 0.410. The number of aryl methyl sites for hydroxylation is 3. The van der Waals surface area contributed by atoms with Crippen LogP contribution in [0.1, 0.15) is 54.9 Å². The van der Waals surface area contributed by atoms with Gasteiger partial charge in [-0.25, -0.2) is 0 Å². The molecule has 2 aromatic carbocycles. The molecule has 196 valence electrons. The lowest BCUT2D eigenvalue weighted by molar-refractivity contribution is 0.0368. The topological polar surface area (TPSA) is 31.0 Å². The maximum Gasteiger partial charge on any atom is 0.173 e. The summed E-state index contributed by atoms with van der Waals surface area (Å²) >= 11 is 6.01. The molecule has 36 heavy (non-hydrogen) atoms. The van der Waals surface area contributed by atoms with Crippen LogP contribution >= 0.6 is 12.2 Å². The second kappa shape index (κ2) is 13.4. The highest BCUT2D eigenvalue weighted by molar-refractivity contribution is 7.80. The Hall–Kier alpha value is -2.15. The number of para-hydroxylation sites is 1. The van der Waals surface area contributed by atoms with Gasteiger partial charge in [0.05, 0.1) is 13.2 Å². The van der Waals surface area contributed by atoms with Crippen molar-refractivity contribution in [2.24, 2.45) is 0 Å². The first-order chi connectivity index (χ1) is 17.5. The molecule has 0 radical (unpaired) electrons. The lowest BCUT2D eigenvalue weighted by Crippen LogP contribution is -2.40. The van der Waals surface area contributed by atoms with Gasteiger partial charge in [-0.1, -0.05) is 43.7 Å². The number of thiocarbonyl (C=S) groups is 1. The maximum atomic E-state index is 6.01. The Labute approximate surface area is 223 Å². The van der Waals surface area contributed by atoms with Crippen LogP contribution < -0.4 is 10.2 Å². The minimum absolute atomic E-state index is 0.816. The van der Waals surface area contributed by atoms with Gasteiger partial charge in [-0.15, -0.1) is 0 Å². The minimum Gasteiger partial charge on any atom is -0.379 e. The molecule has 1 N–H and O–H groups in total. The number of fused-ring (bicyclic) bond motifs is 1. The Bertz CT molecular complexity index is 984. The molecule has 5 nitrogen and oxygen atoms in total. The molecule has 0 atom stereocenters. The number of hydrogen-bond acceptors (Lipinski definition) is 4. The van der Waals surface area contributed by atoms with Crippen molar-refractivity contribution in [3.05, 3.63) is 58.7 Å². The summed E-state index contributed by atoms with van der Waals surface area (Å²) in [6.07, 6.45) is 6.01. The fraction of sp³-hybridized carbons (Fsp3) is 0.567. The van der Waals surface area contributed by atoms with Crippen molar-refractivity contribution in [2.75, 3.05) is 62.7 Å². The Morgan fingerprint density at radius 2 is 1.81 bits per heavy atom. The second-order valence-electron chi connectivity index (χ2n) is 10.3. The van der Waals surface area contributed by atoms with Gasteiger partial charge in [0.1, 0.15) is 0 Å². The van der Waals surface area contributed by atoms with Crippen molar-refractivity contribution < 1.29 is 4.74 Å². The normalized spacial score (nSPS) is 16.0. The first-order valence-electron chi connectivity index (χ1n) is 13.8. The van der Waals surface area contributed by atoms with Gasteiger partial charge in [0, 0.05) is 57.2 Å². The van der Waals surface area contributed by atoms with Gasteiger partial charge >= 0.3 is 0 Å². The third-order valence-electron chi connectivity index (χ3n) is 7.52. The van der Waals surface area contributed by atoms with Crippen LogP contribution in [0.3, 0.4) is 0 Å². The number of rotatable bonds is 10. The smallest absolute Gasteiger partial charge is 0.173 e. The van der Waals surface area contributed by atoms with Gasteiger partial charge in [0.25, 0.3) is 0 Å². The third kappa shape index (κ3) is 7.21. The number of nitrogens with zero attached hydrogens (tertiary/aromatic N) is 3. The van der Waals surface area contributed by atoms with Gasteiger partial charge < -0.3 is 19.9 Å². The predicted molar refractivity (Wildman–Crippen MR) is 156 cm³/mol. The summed E-state index contributed by atoms with van der Waals surface area (Å²) in [7, 11) is 0. The molecular formula is C30H44N4OS. The Morgan fingerprint density at radius 3 is 2.56 bits per heavy atom. The van der Waals surface area contributed by atoms with Crippen LogP contribution in [0.25, 0.3) is 0 Å². The summed E-state index contributed by atoms with van der Waals surface area (Å²) in [5.74, 6) is 0. The summed E-state index contributed by atoms with van der Waals surface area (Å²) in [6, 6.07) is 13.5. The van der Waals surface area contributed by atoms with Gasteiger partial charge in [-0.05, 0) is 80.1 Å². The number of unbranched alkanes of at least 4 members (excludes halogenated alkanes) is 1. The van der Waals surface area contributed by atoms with Crippen molar-refractivity contribution in [1.29, 1.82) is 0 Å². The standard InChI is InChI=1S/C30H44N4OS/c1-4-5-15-33-16-7-11-27-22-26(12-13-28(27)33)23-34(17-8-14-32-18-20-35-21-19-32)30(36)31-29-24(2)9-6-10-25(29)3/h6,9-10,12-13,22H,4-5,7-8,11,14-21,23H2,1-3H3,(H,31,36). The van der Waals surface area contributed by atoms with E-state index in [1.165, 1.54) is 66.7 Å². The molecule has 0 spiro atoms. The number of hydrogen-bond donors (Lipinski definition) is 1. The van der Waals surface area contributed by atoms with E-state index in [4.69, 9.17) is 17.0 Å². The van der Waals surface area contributed by atoms with E-state index in [1.54, 1.807) is 0 Å². The van der Waals surface area contributed by atoms with E-state index in [9.17, 15) is 0 Å². The largest absolute Gasteiger partial charge is 0.379 e. The molecule has 2 aromatic rings. The molecule has 2 aliphatic rings. The monoisotopic (exact) mass is 508 g/mol. The van der Waals surface area contributed by atoms with Crippen molar-refractivity contribution in [2.45, 2.75) is 59.4 Å². The van der Waals surface area contributed by atoms with E-state index >= 15 is 0 Å². The van der Waals surface area contributed by atoms with Crippen LogP contribution in [0.15, 0.2) is 36.4 Å². The van der Waals surface area contributed by atoms with E-state index in [0.29, 0.717) is 0 Å². The van der Waals surface area contributed by atoms with Gasteiger partial charge in [-0.3, -0.25) is 4.90 Å². The van der Waals surface area contributed by atoms with Gasteiger partial charge in [-0.2, -0.15) is 0 Å². The summed E-state index contributed by atoms with van der Waals surface area (Å²) in [6.45, 7) is 15.5. The van der Waals surface area contributed by atoms with Crippen molar-refractivity contribution >= 4 is 28.7 Å². The fourth-order valence-corrected chi connectivity index (χ4v) is 5.65.